The smallest absolute Gasteiger partial charge is 0.306 e. The number of carbonyl (C=O) groups is 2. The summed E-state index contributed by atoms with van der Waals surface area (Å²) in [6.07, 6.45) is 48.6. The van der Waals surface area contributed by atoms with Crippen molar-refractivity contribution < 1.29 is 42.1 Å². The number of likely N-dealkylation sites (N-methyl/N-ethyl adjacent to an activating group) is 1. The zero-order valence-electron chi connectivity index (χ0n) is 38.7. The molecule has 9 nitrogen and oxygen atoms in total. The van der Waals surface area contributed by atoms with E-state index in [0.29, 0.717) is 23.9 Å². The van der Waals surface area contributed by atoms with E-state index >= 15 is 0 Å². The maximum Gasteiger partial charge on any atom is 0.306 e. The van der Waals surface area contributed by atoms with Gasteiger partial charge in [0.05, 0.1) is 27.7 Å². The normalized spacial score (nSPS) is 13.9. The van der Waals surface area contributed by atoms with Crippen LogP contribution >= 0.6 is 7.82 Å². The molecule has 0 amide bonds. The molecular formula is C49H90NO8P. The van der Waals surface area contributed by atoms with Crippen molar-refractivity contribution in [1.82, 2.24) is 0 Å². The van der Waals surface area contributed by atoms with Crippen LogP contribution in [0.15, 0.2) is 48.6 Å². The first-order valence-corrected chi connectivity index (χ1v) is 25.3. The molecule has 0 aromatic rings. The number of rotatable bonds is 43. The zero-order valence-corrected chi connectivity index (χ0v) is 39.6. The molecule has 59 heavy (non-hydrogen) atoms. The van der Waals surface area contributed by atoms with Crippen LogP contribution in [0.1, 0.15) is 200 Å². The standard InChI is InChI=1S/C49H90NO8P/c1-6-8-10-12-14-16-18-20-22-23-24-25-26-27-28-30-32-34-36-38-40-42-49(52)58-47(46-57-59(53,54)56-44-43-50(3,4)5)45-55-48(51)41-39-37-35-33-31-29-21-19-17-15-13-11-9-7-2/h22-23,25-26,28,30,34,36,47H,6-21,24,27,29,31-33,35,37-46H2,1-5H3/b23-22+,26-25+,30-28+,36-34+/t47-/m1/s1. The average Bonchev–Trinajstić information content (AvgIpc) is 3.19. The number of phosphoric ester groups is 1. The molecule has 0 spiro atoms. The van der Waals surface area contributed by atoms with Crippen molar-refractivity contribution >= 4 is 19.8 Å². The summed E-state index contributed by atoms with van der Waals surface area (Å²) in [6, 6.07) is 0. The lowest BCUT2D eigenvalue weighted by atomic mass is 10.0. The van der Waals surface area contributed by atoms with Gasteiger partial charge in [0, 0.05) is 12.8 Å². The van der Waals surface area contributed by atoms with Crippen molar-refractivity contribution in [2.45, 2.75) is 206 Å². The maximum atomic E-state index is 12.7. The highest BCUT2D eigenvalue weighted by Gasteiger charge is 2.21. The first-order valence-electron chi connectivity index (χ1n) is 23.8. The number of unbranched alkanes of at least 4 members (excludes halogenated alkanes) is 21. The fourth-order valence-electron chi connectivity index (χ4n) is 6.35. The summed E-state index contributed by atoms with van der Waals surface area (Å²) in [5.74, 6) is -0.896. The van der Waals surface area contributed by atoms with Gasteiger partial charge in [-0.3, -0.25) is 14.2 Å². The van der Waals surface area contributed by atoms with E-state index in [1.807, 2.05) is 27.2 Å². The van der Waals surface area contributed by atoms with Gasteiger partial charge in [-0.1, -0.05) is 184 Å². The Bertz CT molecular complexity index is 1150. The van der Waals surface area contributed by atoms with Gasteiger partial charge in [0.1, 0.15) is 19.8 Å². The van der Waals surface area contributed by atoms with E-state index < -0.39 is 32.5 Å². The summed E-state index contributed by atoms with van der Waals surface area (Å²) in [4.78, 5) is 37.6. The van der Waals surface area contributed by atoms with Crippen molar-refractivity contribution in [3.63, 3.8) is 0 Å². The summed E-state index contributed by atoms with van der Waals surface area (Å²) < 4.78 is 33.9. The molecule has 0 aliphatic heterocycles. The Morgan fingerprint density at radius 1 is 0.525 bits per heavy atom. The number of hydrogen-bond donors (Lipinski definition) is 0. The van der Waals surface area contributed by atoms with Crippen molar-refractivity contribution in [2.24, 2.45) is 0 Å². The van der Waals surface area contributed by atoms with E-state index in [9.17, 15) is 19.0 Å². The summed E-state index contributed by atoms with van der Waals surface area (Å²) in [7, 11) is 1.13. The van der Waals surface area contributed by atoms with Gasteiger partial charge in [-0.2, -0.15) is 0 Å². The van der Waals surface area contributed by atoms with Crippen molar-refractivity contribution in [3.8, 4) is 0 Å². The molecule has 0 fully saturated rings. The van der Waals surface area contributed by atoms with E-state index in [1.165, 1.54) is 122 Å². The minimum atomic E-state index is -4.64. The Hall–Kier alpha value is -2.03. The number of carbonyl (C=O) groups excluding carboxylic acids is 2. The Balaban J connectivity index is 4.40. The van der Waals surface area contributed by atoms with E-state index in [0.717, 1.165) is 38.5 Å². The van der Waals surface area contributed by atoms with Crippen LogP contribution in [-0.2, 0) is 32.7 Å². The molecule has 0 aromatic heterocycles. The second kappa shape index (κ2) is 41.3. The van der Waals surface area contributed by atoms with Crippen molar-refractivity contribution in [2.75, 3.05) is 47.5 Å². The molecule has 0 N–H and O–H groups in total. The predicted molar refractivity (Wildman–Crippen MR) is 245 cm³/mol. The lowest BCUT2D eigenvalue weighted by molar-refractivity contribution is -0.870. The molecule has 2 atom stereocenters. The lowest BCUT2D eigenvalue weighted by Crippen LogP contribution is -2.37. The maximum absolute atomic E-state index is 12.7. The summed E-state index contributed by atoms with van der Waals surface area (Å²) in [6.45, 7) is 4.17. The summed E-state index contributed by atoms with van der Waals surface area (Å²) in [5.41, 5.74) is 0. The number of esters is 2. The third-order valence-electron chi connectivity index (χ3n) is 10.1. The molecule has 0 saturated carbocycles. The Kier molecular flexibility index (Phi) is 39.9. The third kappa shape index (κ3) is 45.3. The Morgan fingerprint density at radius 2 is 0.932 bits per heavy atom. The first kappa shape index (κ1) is 57.0. The van der Waals surface area contributed by atoms with Crippen LogP contribution in [0.2, 0.25) is 0 Å². The molecule has 0 rings (SSSR count). The largest absolute Gasteiger partial charge is 0.756 e. The fraction of sp³-hybridized carbons (Fsp3) is 0.796. The summed E-state index contributed by atoms with van der Waals surface area (Å²) >= 11 is 0. The van der Waals surface area contributed by atoms with Gasteiger partial charge >= 0.3 is 11.9 Å². The molecule has 344 valence electrons. The Morgan fingerprint density at radius 3 is 1.41 bits per heavy atom. The van der Waals surface area contributed by atoms with E-state index in [-0.39, 0.29) is 26.1 Å². The highest BCUT2D eigenvalue weighted by molar-refractivity contribution is 7.45. The highest BCUT2D eigenvalue weighted by atomic mass is 31.2. The predicted octanol–water partition coefficient (Wildman–Crippen LogP) is 13.2. The van der Waals surface area contributed by atoms with Crippen LogP contribution in [-0.4, -0.2) is 70.0 Å². The molecule has 0 bridgehead atoms. The molecule has 0 aliphatic rings. The van der Waals surface area contributed by atoms with Crippen LogP contribution in [0.3, 0.4) is 0 Å². The second-order valence-electron chi connectivity index (χ2n) is 17.1. The van der Waals surface area contributed by atoms with Crippen molar-refractivity contribution in [3.05, 3.63) is 48.6 Å². The van der Waals surface area contributed by atoms with Crippen molar-refractivity contribution in [1.29, 1.82) is 0 Å². The van der Waals surface area contributed by atoms with Crippen LogP contribution < -0.4 is 4.89 Å². The van der Waals surface area contributed by atoms with Gasteiger partial charge in [-0.15, -0.1) is 0 Å². The number of phosphoric acid groups is 1. The minimum absolute atomic E-state index is 0.0411. The van der Waals surface area contributed by atoms with E-state index in [2.05, 4.69) is 56.4 Å². The van der Waals surface area contributed by atoms with Crippen LogP contribution in [0.5, 0.6) is 0 Å². The topological polar surface area (TPSA) is 111 Å². The molecule has 0 aromatic carbocycles. The number of nitrogens with zero attached hydrogens (tertiary/aromatic N) is 1. The number of hydrogen-bond acceptors (Lipinski definition) is 8. The number of quaternary nitrogens is 1. The molecule has 10 heteroatoms. The second-order valence-corrected chi connectivity index (χ2v) is 18.5. The number of ether oxygens (including phenoxy) is 2. The van der Waals surface area contributed by atoms with E-state index in [1.54, 1.807) is 0 Å². The van der Waals surface area contributed by atoms with Gasteiger partial charge in [0.2, 0.25) is 0 Å². The Labute approximate surface area is 363 Å². The highest BCUT2D eigenvalue weighted by Crippen LogP contribution is 2.38. The van der Waals surface area contributed by atoms with Gasteiger partial charge in [0.15, 0.2) is 6.10 Å². The monoisotopic (exact) mass is 852 g/mol. The molecule has 0 aliphatic carbocycles. The van der Waals surface area contributed by atoms with Gasteiger partial charge in [-0.05, 0) is 51.4 Å². The minimum Gasteiger partial charge on any atom is -0.756 e. The molecular weight excluding hydrogens is 762 g/mol. The summed E-state index contributed by atoms with van der Waals surface area (Å²) in [5, 5.41) is 0. The van der Waals surface area contributed by atoms with Gasteiger partial charge in [0.25, 0.3) is 7.82 Å². The van der Waals surface area contributed by atoms with Crippen LogP contribution in [0, 0.1) is 0 Å². The van der Waals surface area contributed by atoms with Crippen LogP contribution in [0.25, 0.3) is 0 Å². The fourth-order valence-corrected chi connectivity index (χ4v) is 7.08. The molecule has 0 heterocycles. The average molecular weight is 852 g/mol. The third-order valence-corrected chi connectivity index (χ3v) is 11.1. The van der Waals surface area contributed by atoms with Crippen LogP contribution in [0.4, 0.5) is 0 Å². The zero-order chi connectivity index (χ0) is 43.6. The lowest BCUT2D eigenvalue weighted by Gasteiger charge is -2.28. The number of allylic oxidation sites excluding steroid dienone is 8. The van der Waals surface area contributed by atoms with Gasteiger partial charge < -0.3 is 27.9 Å². The quantitative estimate of drug-likeness (QED) is 0.0196. The SMILES string of the molecule is CCCCCCCCC/C=C/C/C=C/C/C=C/C/C=C/CCCC(=O)O[C@H](COC(=O)CCCCCCCCCCCCCCCC)COP(=O)([O-])OCC[N+](C)(C)C. The van der Waals surface area contributed by atoms with E-state index in [4.69, 9.17) is 18.5 Å². The first-order chi connectivity index (χ1) is 28.5. The molecule has 1 unspecified atom stereocenters. The molecule has 0 saturated heterocycles. The van der Waals surface area contributed by atoms with Gasteiger partial charge in [-0.25, -0.2) is 0 Å². The molecule has 0 radical (unpaired) electrons.